The topological polar surface area (TPSA) is 58.4 Å². The lowest BCUT2D eigenvalue weighted by Crippen LogP contribution is -2.09. The van der Waals surface area contributed by atoms with Gasteiger partial charge in [-0.2, -0.15) is 0 Å². The lowest BCUT2D eigenvalue weighted by atomic mass is 10.3. The Balaban J connectivity index is 2.20. The van der Waals surface area contributed by atoms with Gasteiger partial charge in [-0.15, -0.1) is 0 Å². The third kappa shape index (κ3) is 2.56. The Hall–Kier alpha value is -1.46. The van der Waals surface area contributed by atoms with E-state index in [2.05, 4.69) is 15.2 Å². The van der Waals surface area contributed by atoms with Crippen molar-refractivity contribution in [1.82, 2.24) is 10.2 Å². The zero-order valence-corrected chi connectivity index (χ0v) is 9.49. The Labute approximate surface area is 97.4 Å². The number of hydrogen-bond acceptors (Lipinski definition) is 4. The van der Waals surface area contributed by atoms with Crippen LogP contribution in [0.2, 0.25) is 5.28 Å². The maximum Gasteiger partial charge on any atom is 0.420 e. The molecule has 2 rings (SSSR count). The van der Waals surface area contributed by atoms with E-state index in [0.717, 1.165) is 11.3 Å². The molecule has 0 spiro atoms. The predicted molar refractivity (Wildman–Crippen MR) is 58.5 cm³/mol. The summed E-state index contributed by atoms with van der Waals surface area (Å²) >= 11 is 5.68. The third-order valence-electron chi connectivity index (χ3n) is 2.01. The molecule has 0 aliphatic heterocycles. The minimum atomic E-state index is 0.264. The SMILES string of the molecule is COCCOc1ccc2[nH+]c(Cl)nnc2c1. The first-order valence-corrected chi connectivity index (χ1v) is 5.14. The molecule has 0 unspecified atom stereocenters. The van der Waals surface area contributed by atoms with E-state index in [-0.39, 0.29) is 5.28 Å². The Morgan fingerprint density at radius 2 is 2.19 bits per heavy atom. The minimum absolute atomic E-state index is 0.264. The number of aromatic nitrogens is 3. The van der Waals surface area contributed by atoms with Crippen molar-refractivity contribution in [3.05, 3.63) is 23.5 Å². The predicted octanol–water partition coefficient (Wildman–Crippen LogP) is 1.12. The fourth-order valence-electron chi connectivity index (χ4n) is 1.27. The Morgan fingerprint density at radius 1 is 1.31 bits per heavy atom. The van der Waals surface area contributed by atoms with Crippen molar-refractivity contribution in [3.63, 3.8) is 0 Å². The van der Waals surface area contributed by atoms with Crippen LogP contribution in [0, 0.1) is 0 Å². The van der Waals surface area contributed by atoms with Gasteiger partial charge in [-0.3, -0.25) is 0 Å². The second kappa shape index (κ2) is 5.05. The van der Waals surface area contributed by atoms with Crippen molar-refractivity contribution in [2.24, 2.45) is 0 Å². The number of H-pyrrole nitrogens is 1. The maximum absolute atomic E-state index is 5.68. The highest BCUT2D eigenvalue weighted by molar-refractivity contribution is 6.27. The molecule has 84 valence electrons. The minimum Gasteiger partial charge on any atom is -0.491 e. The molecular formula is C10H11ClN3O2+. The summed E-state index contributed by atoms with van der Waals surface area (Å²) in [6, 6.07) is 5.48. The largest absolute Gasteiger partial charge is 0.491 e. The zero-order chi connectivity index (χ0) is 11.4. The van der Waals surface area contributed by atoms with E-state index < -0.39 is 0 Å². The van der Waals surface area contributed by atoms with Crippen LogP contribution in [-0.2, 0) is 4.74 Å². The normalized spacial score (nSPS) is 10.6. The third-order valence-corrected chi connectivity index (χ3v) is 2.18. The number of hydrogen-bond donors (Lipinski definition) is 0. The van der Waals surface area contributed by atoms with Crippen LogP contribution in [0.1, 0.15) is 0 Å². The monoisotopic (exact) mass is 240 g/mol. The average molecular weight is 241 g/mol. The van der Waals surface area contributed by atoms with Gasteiger partial charge in [0.05, 0.1) is 11.7 Å². The van der Waals surface area contributed by atoms with Gasteiger partial charge in [0.15, 0.2) is 11.0 Å². The lowest BCUT2D eigenvalue weighted by molar-refractivity contribution is -0.348. The Bertz CT molecular complexity index is 492. The summed E-state index contributed by atoms with van der Waals surface area (Å²) in [7, 11) is 1.63. The summed E-state index contributed by atoms with van der Waals surface area (Å²) in [6.45, 7) is 1.06. The first-order valence-electron chi connectivity index (χ1n) is 4.76. The molecule has 0 aliphatic carbocycles. The van der Waals surface area contributed by atoms with E-state index >= 15 is 0 Å². The molecule has 0 amide bonds. The molecule has 6 heteroatoms. The van der Waals surface area contributed by atoms with Gasteiger partial charge in [-0.05, 0) is 17.2 Å². The molecule has 0 saturated heterocycles. The van der Waals surface area contributed by atoms with Gasteiger partial charge >= 0.3 is 5.28 Å². The van der Waals surface area contributed by atoms with Crippen molar-refractivity contribution in [3.8, 4) is 5.75 Å². The van der Waals surface area contributed by atoms with Crippen molar-refractivity contribution in [2.75, 3.05) is 20.3 Å². The number of aromatic amines is 1. The Morgan fingerprint density at radius 3 is 3.00 bits per heavy atom. The van der Waals surface area contributed by atoms with Gasteiger partial charge < -0.3 is 9.47 Å². The van der Waals surface area contributed by atoms with Gasteiger partial charge in [-0.25, -0.2) is 4.98 Å². The maximum atomic E-state index is 5.68. The molecule has 0 bridgehead atoms. The first kappa shape index (κ1) is 11.0. The summed E-state index contributed by atoms with van der Waals surface area (Å²) in [5.74, 6) is 0.731. The molecule has 2 aromatic rings. The lowest BCUT2D eigenvalue weighted by Gasteiger charge is -2.04. The number of ether oxygens (including phenoxy) is 2. The number of nitrogens with zero attached hydrogens (tertiary/aromatic N) is 2. The molecule has 1 N–H and O–H groups in total. The van der Waals surface area contributed by atoms with Gasteiger partial charge in [0, 0.05) is 24.8 Å². The van der Waals surface area contributed by atoms with Gasteiger partial charge in [0.25, 0.3) is 0 Å². The summed E-state index contributed by atoms with van der Waals surface area (Å²) in [5.41, 5.74) is 1.53. The van der Waals surface area contributed by atoms with Crippen LogP contribution in [0.15, 0.2) is 18.2 Å². The molecule has 1 aromatic heterocycles. The van der Waals surface area contributed by atoms with Crippen molar-refractivity contribution >= 4 is 22.6 Å². The van der Waals surface area contributed by atoms with Gasteiger partial charge in [-0.1, -0.05) is 0 Å². The highest BCUT2D eigenvalue weighted by atomic mass is 35.5. The van der Waals surface area contributed by atoms with Crippen molar-refractivity contribution < 1.29 is 14.5 Å². The van der Waals surface area contributed by atoms with Crippen LogP contribution in [-0.4, -0.2) is 30.5 Å². The Kier molecular flexibility index (Phi) is 3.48. The average Bonchev–Trinajstić information content (AvgIpc) is 2.29. The summed E-state index contributed by atoms with van der Waals surface area (Å²) in [4.78, 5) is 2.90. The highest BCUT2D eigenvalue weighted by Crippen LogP contribution is 2.16. The molecule has 16 heavy (non-hydrogen) atoms. The molecule has 1 aromatic carbocycles. The number of benzene rings is 1. The van der Waals surface area contributed by atoms with Crippen LogP contribution < -0.4 is 9.72 Å². The molecule has 0 radical (unpaired) electrons. The van der Waals surface area contributed by atoms with E-state index in [1.807, 2.05) is 12.1 Å². The van der Waals surface area contributed by atoms with E-state index in [1.54, 1.807) is 13.2 Å². The zero-order valence-electron chi connectivity index (χ0n) is 8.74. The van der Waals surface area contributed by atoms with Crippen LogP contribution in [0.3, 0.4) is 0 Å². The van der Waals surface area contributed by atoms with Crippen LogP contribution in [0.5, 0.6) is 5.75 Å². The van der Waals surface area contributed by atoms with Crippen LogP contribution >= 0.6 is 11.6 Å². The van der Waals surface area contributed by atoms with E-state index in [9.17, 15) is 0 Å². The quantitative estimate of drug-likeness (QED) is 0.752. The summed E-state index contributed by atoms with van der Waals surface area (Å²) < 4.78 is 10.3. The van der Waals surface area contributed by atoms with Crippen molar-refractivity contribution in [1.29, 1.82) is 0 Å². The van der Waals surface area contributed by atoms with Gasteiger partial charge in [0.2, 0.25) is 0 Å². The molecule has 1 heterocycles. The highest BCUT2D eigenvalue weighted by Gasteiger charge is 2.07. The number of nitrogens with one attached hydrogen (secondary N) is 1. The molecule has 5 nitrogen and oxygen atoms in total. The van der Waals surface area contributed by atoms with E-state index in [4.69, 9.17) is 21.1 Å². The number of rotatable bonds is 4. The summed E-state index contributed by atoms with van der Waals surface area (Å²) in [5, 5.41) is 7.93. The second-order valence-corrected chi connectivity index (χ2v) is 3.49. The molecule has 0 atom stereocenters. The van der Waals surface area contributed by atoms with Crippen LogP contribution in [0.4, 0.5) is 0 Å². The van der Waals surface area contributed by atoms with Crippen molar-refractivity contribution in [2.45, 2.75) is 0 Å². The summed E-state index contributed by atoms with van der Waals surface area (Å²) in [6.07, 6.45) is 0. The number of fused-ring (bicyclic) bond motifs is 1. The van der Waals surface area contributed by atoms with E-state index in [1.165, 1.54) is 0 Å². The van der Waals surface area contributed by atoms with E-state index in [0.29, 0.717) is 18.7 Å². The fraction of sp³-hybridized carbons (Fsp3) is 0.300. The molecular weight excluding hydrogens is 230 g/mol. The first-order chi connectivity index (χ1) is 7.79. The second-order valence-electron chi connectivity index (χ2n) is 3.14. The number of methoxy groups -OCH3 is 1. The molecule has 0 saturated carbocycles. The smallest absolute Gasteiger partial charge is 0.420 e. The van der Waals surface area contributed by atoms with Crippen LogP contribution in [0.25, 0.3) is 11.0 Å². The number of halogens is 1. The standard InChI is InChI=1S/C10H10ClN3O2/c1-15-4-5-16-7-2-3-8-9(6-7)13-14-10(11)12-8/h2-3,6H,4-5H2,1H3/p+1. The fourth-order valence-corrected chi connectivity index (χ4v) is 1.41. The molecule has 0 fully saturated rings. The molecule has 0 aliphatic rings. The van der Waals surface area contributed by atoms with Gasteiger partial charge in [0.1, 0.15) is 12.4 Å².